The molecule has 0 fully saturated rings. The van der Waals surface area contributed by atoms with E-state index in [2.05, 4.69) is 39.8 Å². The summed E-state index contributed by atoms with van der Waals surface area (Å²) in [4.78, 5) is 0. The van der Waals surface area contributed by atoms with Gasteiger partial charge >= 0.3 is 0 Å². The van der Waals surface area contributed by atoms with Gasteiger partial charge in [0.25, 0.3) is 0 Å². The lowest BCUT2D eigenvalue weighted by Gasteiger charge is -2.11. The lowest BCUT2D eigenvalue weighted by molar-refractivity contribution is 0.646. The topological polar surface area (TPSA) is 0 Å². The van der Waals surface area contributed by atoms with Gasteiger partial charge in [0, 0.05) is 5.02 Å². The van der Waals surface area contributed by atoms with Crippen LogP contribution in [-0.4, -0.2) is 0 Å². The fourth-order valence-corrected chi connectivity index (χ4v) is 1.97. The Balaban J connectivity index is 2.94. The Morgan fingerprint density at radius 3 is 2.29 bits per heavy atom. The van der Waals surface area contributed by atoms with E-state index >= 15 is 0 Å². The molecule has 0 heterocycles. The van der Waals surface area contributed by atoms with Gasteiger partial charge in [-0.3, -0.25) is 0 Å². The first-order valence-electron chi connectivity index (χ1n) is 5.29. The number of hydrogen-bond acceptors (Lipinski definition) is 0. The first kappa shape index (κ1) is 11.6. The van der Waals surface area contributed by atoms with Crippen molar-refractivity contribution in [1.29, 1.82) is 0 Å². The average molecular weight is 211 g/mol. The van der Waals surface area contributed by atoms with Crippen LogP contribution in [0.1, 0.15) is 44.7 Å². The van der Waals surface area contributed by atoms with E-state index in [1.807, 2.05) is 6.07 Å². The van der Waals surface area contributed by atoms with Gasteiger partial charge in [-0.05, 0) is 35.4 Å². The molecule has 0 saturated carbocycles. The van der Waals surface area contributed by atoms with E-state index in [4.69, 9.17) is 11.6 Å². The maximum atomic E-state index is 6.13. The van der Waals surface area contributed by atoms with Crippen molar-refractivity contribution in [2.24, 2.45) is 5.92 Å². The number of hydrogen-bond donors (Lipinski definition) is 0. The Hall–Kier alpha value is -0.490. The van der Waals surface area contributed by atoms with Crippen LogP contribution in [-0.2, 0) is 6.42 Å². The molecule has 1 rings (SSSR count). The van der Waals surface area contributed by atoms with Gasteiger partial charge in [-0.25, -0.2) is 0 Å². The smallest absolute Gasteiger partial charge is 0.0440 e. The van der Waals surface area contributed by atoms with Crippen LogP contribution in [0, 0.1) is 5.92 Å². The molecule has 0 atom stereocenters. The Labute approximate surface area is 92.3 Å². The second kappa shape index (κ2) is 4.84. The van der Waals surface area contributed by atoms with Gasteiger partial charge < -0.3 is 0 Å². The van der Waals surface area contributed by atoms with Crippen LogP contribution >= 0.6 is 11.6 Å². The van der Waals surface area contributed by atoms with Crippen LogP contribution in [0.15, 0.2) is 18.2 Å². The lowest BCUT2D eigenvalue weighted by Crippen LogP contribution is -1.97. The highest BCUT2D eigenvalue weighted by Crippen LogP contribution is 2.26. The molecule has 0 saturated heterocycles. The molecule has 0 amide bonds. The molecule has 0 spiro atoms. The van der Waals surface area contributed by atoms with Crippen molar-refractivity contribution in [2.45, 2.75) is 40.0 Å². The summed E-state index contributed by atoms with van der Waals surface area (Å²) in [7, 11) is 0. The molecule has 1 aromatic carbocycles. The zero-order chi connectivity index (χ0) is 10.7. The molecular formula is C13H19Cl. The Morgan fingerprint density at radius 1 is 1.14 bits per heavy atom. The largest absolute Gasteiger partial charge is 0.0840 e. The van der Waals surface area contributed by atoms with E-state index < -0.39 is 0 Å². The first-order chi connectivity index (χ1) is 6.50. The third kappa shape index (κ3) is 3.02. The fourth-order valence-electron chi connectivity index (χ4n) is 1.63. The minimum atomic E-state index is 0.509. The van der Waals surface area contributed by atoms with Crippen LogP contribution in [0.4, 0.5) is 0 Å². The van der Waals surface area contributed by atoms with Crippen molar-refractivity contribution >= 4 is 11.6 Å². The Kier molecular flexibility index (Phi) is 4.00. The van der Waals surface area contributed by atoms with E-state index in [1.165, 1.54) is 11.1 Å². The van der Waals surface area contributed by atoms with Gasteiger partial charge in [0.15, 0.2) is 0 Å². The van der Waals surface area contributed by atoms with Crippen molar-refractivity contribution in [1.82, 2.24) is 0 Å². The Morgan fingerprint density at radius 2 is 1.79 bits per heavy atom. The molecule has 14 heavy (non-hydrogen) atoms. The minimum Gasteiger partial charge on any atom is -0.0840 e. The second-order valence-electron chi connectivity index (χ2n) is 4.61. The summed E-state index contributed by atoms with van der Waals surface area (Å²) in [6, 6.07) is 6.40. The SMILES string of the molecule is CC(C)Cc1ccc(Cl)c(C(C)C)c1. The molecule has 0 aliphatic rings. The summed E-state index contributed by atoms with van der Waals surface area (Å²) in [5.74, 6) is 1.21. The van der Waals surface area contributed by atoms with Crippen molar-refractivity contribution in [2.75, 3.05) is 0 Å². The normalized spacial score (nSPS) is 11.4. The molecule has 0 nitrogen and oxygen atoms in total. The van der Waals surface area contributed by atoms with Crippen LogP contribution < -0.4 is 0 Å². The maximum Gasteiger partial charge on any atom is 0.0440 e. The molecule has 0 N–H and O–H groups in total. The van der Waals surface area contributed by atoms with Gasteiger partial charge in [-0.2, -0.15) is 0 Å². The third-order valence-electron chi connectivity index (χ3n) is 2.33. The highest BCUT2D eigenvalue weighted by molar-refractivity contribution is 6.31. The van der Waals surface area contributed by atoms with E-state index in [0.29, 0.717) is 11.8 Å². The van der Waals surface area contributed by atoms with Gasteiger partial charge in [0.2, 0.25) is 0 Å². The molecule has 78 valence electrons. The number of rotatable bonds is 3. The summed E-state index contributed by atoms with van der Waals surface area (Å²) in [5, 5.41) is 0.896. The van der Waals surface area contributed by atoms with Crippen molar-refractivity contribution < 1.29 is 0 Å². The van der Waals surface area contributed by atoms with E-state index in [9.17, 15) is 0 Å². The van der Waals surface area contributed by atoms with Gasteiger partial charge in [0.1, 0.15) is 0 Å². The molecule has 0 bridgehead atoms. The molecule has 1 aromatic rings. The maximum absolute atomic E-state index is 6.13. The molecule has 0 unspecified atom stereocenters. The highest BCUT2D eigenvalue weighted by atomic mass is 35.5. The van der Waals surface area contributed by atoms with Gasteiger partial charge in [-0.1, -0.05) is 51.4 Å². The summed E-state index contributed by atoms with van der Waals surface area (Å²) >= 11 is 6.13. The van der Waals surface area contributed by atoms with Gasteiger partial charge in [0.05, 0.1) is 0 Å². The number of benzene rings is 1. The predicted octanol–water partition coefficient (Wildman–Crippen LogP) is 4.66. The highest BCUT2D eigenvalue weighted by Gasteiger charge is 2.06. The molecule has 0 aliphatic heterocycles. The Bertz CT molecular complexity index is 300. The van der Waals surface area contributed by atoms with Crippen LogP contribution in [0.3, 0.4) is 0 Å². The zero-order valence-corrected chi connectivity index (χ0v) is 10.2. The van der Waals surface area contributed by atoms with Crippen molar-refractivity contribution in [3.63, 3.8) is 0 Å². The average Bonchev–Trinajstić information content (AvgIpc) is 2.07. The molecule has 0 aliphatic carbocycles. The molecular weight excluding hydrogens is 192 g/mol. The van der Waals surface area contributed by atoms with Gasteiger partial charge in [-0.15, -0.1) is 0 Å². The third-order valence-corrected chi connectivity index (χ3v) is 2.67. The van der Waals surface area contributed by atoms with Crippen LogP contribution in [0.5, 0.6) is 0 Å². The van der Waals surface area contributed by atoms with Crippen molar-refractivity contribution in [3.05, 3.63) is 34.3 Å². The van der Waals surface area contributed by atoms with E-state index in [1.54, 1.807) is 0 Å². The quantitative estimate of drug-likeness (QED) is 0.681. The first-order valence-corrected chi connectivity index (χ1v) is 5.66. The van der Waals surface area contributed by atoms with Crippen LogP contribution in [0.2, 0.25) is 5.02 Å². The number of halogens is 1. The summed E-state index contributed by atoms with van der Waals surface area (Å²) in [6.07, 6.45) is 1.14. The zero-order valence-electron chi connectivity index (χ0n) is 9.47. The van der Waals surface area contributed by atoms with Crippen molar-refractivity contribution in [3.8, 4) is 0 Å². The fraction of sp³-hybridized carbons (Fsp3) is 0.538. The molecule has 0 aromatic heterocycles. The summed E-state index contributed by atoms with van der Waals surface area (Å²) in [5.41, 5.74) is 2.66. The lowest BCUT2D eigenvalue weighted by atomic mass is 9.96. The minimum absolute atomic E-state index is 0.509. The molecule has 1 heteroatoms. The standard InChI is InChI=1S/C13H19Cl/c1-9(2)7-11-5-6-13(14)12(8-11)10(3)4/h5-6,8-10H,7H2,1-4H3. The predicted molar refractivity (Wildman–Crippen MR) is 64.1 cm³/mol. The monoisotopic (exact) mass is 210 g/mol. The van der Waals surface area contributed by atoms with E-state index in [0.717, 1.165) is 11.4 Å². The second-order valence-corrected chi connectivity index (χ2v) is 5.02. The summed E-state index contributed by atoms with van der Waals surface area (Å²) < 4.78 is 0. The van der Waals surface area contributed by atoms with E-state index in [-0.39, 0.29) is 0 Å². The molecule has 0 radical (unpaired) electrons. The van der Waals surface area contributed by atoms with Crippen LogP contribution in [0.25, 0.3) is 0 Å². The summed E-state index contributed by atoms with van der Waals surface area (Å²) in [6.45, 7) is 8.84.